The van der Waals surface area contributed by atoms with Crippen molar-refractivity contribution in [1.29, 1.82) is 0 Å². The molecule has 0 aliphatic heterocycles. The van der Waals surface area contributed by atoms with E-state index in [-0.39, 0.29) is 16.4 Å². The highest BCUT2D eigenvalue weighted by Crippen LogP contribution is 2.18. The second-order valence-corrected chi connectivity index (χ2v) is 3.55. The van der Waals surface area contributed by atoms with E-state index in [1.54, 1.807) is 12.1 Å². The molecule has 2 rings (SSSR count). The number of aromatic nitrogens is 2. The highest BCUT2D eigenvalue weighted by atomic mass is 35.5. The van der Waals surface area contributed by atoms with E-state index in [4.69, 9.17) is 11.6 Å². The molecule has 0 saturated heterocycles. The Labute approximate surface area is 101 Å². The van der Waals surface area contributed by atoms with Crippen LogP contribution in [0.2, 0.25) is 5.02 Å². The van der Waals surface area contributed by atoms with Crippen molar-refractivity contribution >= 4 is 23.3 Å². The minimum atomic E-state index is -0.697. The minimum absolute atomic E-state index is 0.110. The van der Waals surface area contributed by atoms with Gasteiger partial charge >= 0.3 is 0 Å². The first kappa shape index (κ1) is 11.5. The fourth-order valence-corrected chi connectivity index (χ4v) is 1.38. The Kier molecular flexibility index (Phi) is 3.30. The highest BCUT2D eigenvalue weighted by molar-refractivity contribution is 6.33. The normalized spacial score (nSPS) is 10.0. The van der Waals surface area contributed by atoms with Crippen LogP contribution < -0.4 is 5.32 Å². The van der Waals surface area contributed by atoms with Crippen LogP contribution in [0.3, 0.4) is 0 Å². The molecule has 17 heavy (non-hydrogen) atoms. The van der Waals surface area contributed by atoms with E-state index in [1.165, 1.54) is 18.5 Å². The first-order chi connectivity index (χ1) is 8.18. The molecule has 1 N–H and O–H groups in total. The third kappa shape index (κ3) is 2.57. The van der Waals surface area contributed by atoms with Crippen LogP contribution in [0.25, 0.3) is 0 Å². The van der Waals surface area contributed by atoms with Crippen LogP contribution in [-0.4, -0.2) is 15.9 Å². The SMILES string of the molecule is O=C(Nc1ncccc1Cl)c1ccncc1F. The molecule has 2 aromatic rings. The molecule has 0 bridgehead atoms. The van der Waals surface area contributed by atoms with E-state index in [9.17, 15) is 9.18 Å². The van der Waals surface area contributed by atoms with E-state index in [0.29, 0.717) is 0 Å². The summed E-state index contributed by atoms with van der Waals surface area (Å²) in [4.78, 5) is 19.1. The van der Waals surface area contributed by atoms with Crippen molar-refractivity contribution in [1.82, 2.24) is 9.97 Å². The summed E-state index contributed by atoms with van der Waals surface area (Å²) in [5.74, 6) is -1.13. The molecule has 0 spiro atoms. The number of nitrogens with one attached hydrogen (secondary N) is 1. The molecule has 4 nitrogen and oxygen atoms in total. The lowest BCUT2D eigenvalue weighted by atomic mass is 10.2. The molecule has 0 unspecified atom stereocenters. The fraction of sp³-hybridized carbons (Fsp3) is 0. The van der Waals surface area contributed by atoms with Crippen molar-refractivity contribution in [3.63, 3.8) is 0 Å². The number of carbonyl (C=O) groups is 1. The summed E-state index contributed by atoms with van der Waals surface area (Å²) < 4.78 is 13.3. The van der Waals surface area contributed by atoms with E-state index in [0.717, 1.165) is 6.20 Å². The molecule has 0 fully saturated rings. The summed E-state index contributed by atoms with van der Waals surface area (Å²) in [5.41, 5.74) is -0.110. The van der Waals surface area contributed by atoms with Crippen molar-refractivity contribution in [2.75, 3.05) is 5.32 Å². The summed E-state index contributed by atoms with van der Waals surface area (Å²) in [5, 5.41) is 2.70. The maximum atomic E-state index is 13.3. The van der Waals surface area contributed by atoms with Crippen molar-refractivity contribution < 1.29 is 9.18 Å². The average Bonchev–Trinajstić information content (AvgIpc) is 2.32. The van der Waals surface area contributed by atoms with Gasteiger partial charge < -0.3 is 5.32 Å². The second-order valence-electron chi connectivity index (χ2n) is 3.14. The maximum Gasteiger partial charge on any atom is 0.259 e. The number of halogens is 2. The Morgan fingerprint density at radius 1 is 1.35 bits per heavy atom. The number of hydrogen-bond acceptors (Lipinski definition) is 3. The van der Waals surface area contributed by atoms with Crippen LogP contribution in [0, 0.1) is 5.82 Å². The fourth-order valence-electron chi connectivity index (χ4n) is 1.21. The Bertz CT molecular complexity index is 562. The monoisotopic (exact) mass is 251 g/mol. The van der Waals surface area contributed by atoms with Gasteiger partial charge in [-0.15, -0.1) is 0 Å². The molecule has 0 radical (unpaired) electrons. The van der Waals surface area contributed by atoms with Crippen LogP contribution in [-0.2, 0) is 0 Å². The molecule has 0 saturated carbocycles. The number of rotatable bonds is 2. The lowest BCUT2D eigenvalue weighted by Crippen LogP contribution is -2.15. The van der Waals surface area contributed by atoms with Crippen LogP contribution >= 0.6 is 11.6 Å². The third-order valence-corrected chi connectivity index (χ3v) is 2.31. The second kappa shape index (κ2) is 4.88. The van der Waals surface area contributed by atoms with Crippen LogP contribution in [0.5, 0.6) is 0 Å². The number of pyridine rings is 2. The number of carbonyl (C=O) groups excluding carboxylic acids is 1. The summed E-state index contributed by atoms with van der Waals surface area (Å²) in [6, 6.07) is 4.49. The van der Waals surface area contributed by atoms with Crippen molar-refractivity contribution in [3.05, 3.63) is 53.2 Å². The van der Waals surface area contributed by atoms with Gasteiger partial charge in [-0.2, -0.15) is 0 Å². The first-order valence-corrected chi connectivity index (χ1v) is 5.07. The molecule has 0 atom stereocenters. The molecule has 2 heterocycles. The molecule has 1 amide bonds. The molecule has 0 aliphatic carbocycles. The third-order valence-electron chi connectivity index (χ3n) is 2.01. The van der Waals surface area contributed by atoms with Gasteiger partial charge in [0.2, 0.25) is 0 Å². The zero-order chi connectivity index (χ0) is 12.3. The molecule has 86 valence electrons. The van der Waals surface area contributed by atoms with E-state index in [2.05, 4.69) is 15.3 Å². The van der Waals surface area contributed by atoms with Gasteiger partial charge in [-0.1, -0.05) is 11.6 Å². The van der Waals surface area contributed by atoms with Gasteiger partial charge in [0, 0.05) is 12.4 Å². The lowest BCUT2D eigenvalue weighted by molar-refractivity contribution is 0.102. The smallest absolute Gasteiger partial charge is 0.259 e. The van der Waals surface area contributed by atoms with Gasteiger partial charge in [-0.3, -0.25) is 9.78 Å². The number of hydrogen-bond donors (Lipinski definition) is 1. The molecule has 0 aromatic carbocycles. The Morgan fingerprint density at radius 3 is 2.88 bits per heavy atom. The van der Waals surface area contributed by atoms with Crippen LogP contribution in [0.1, 0.15) is 10.4 Å². The van der Waals surface area contributed by atoms with E-state index in [1.807, 2.05) is 0 Å². The predicted molar refractivity (Wildman–Crippen MR) is 61.4 cm³/mol. The topological polar surface area (TPSA) is 54.9 Å². The predicted octanol–water partition coefficient (Wildman–Crippen LogP) is 2.52. The summed E-state index contributed by atoms with van der Waals surface area (Å²) in [7, 11) is 0. The summed E-state index contributed by atoms with van der Waals surface area (Å²) in [6.45, 7) is 0. The lowest BCUT2D eigenvalue weighted by Gasteiger charge is -2.05. The zero-order valence-electron chi connectivity index (χ0n) is 8.52. The van der Waals surface area contributed by atoms with Gasteiger partial charge in [-0.25, -0.2) is 9.37 Å². The molecule has 2 aromatic heterocycles. The number of nitrogens with zero attached hydrogens (tertiary/aromatic N) is 2. The summed E-state index contributed by atoms with van der Waals surface area (Å²) >= 11 is 5.81. The van der Waals surface area contributed by atoms with Gasteiger partial charge in [-0.05, 0) is 18.2 Å². The van der Waals surface area contributed by atoms with E-state index >= 15 is 0 Å². The largest absolute Gasteiger partial charge is 0.305 e. The van der Waals surface area contributed by atoms with Crippen molar-refractivity contribution in [3.8, 4) is 0 Å². The van der Waals surface area contributed by atoms with Crippen molar-refractivity contribution in [2.24, 2.45) is 0 Å². The average molecular weight is 252 g/mol. The van der Waals surface area contributed by atoms with Gasteiger partial charge in [0.1, 0.15) is 0 Å². The van der Waals surface area contributed by atoms with Crippen LogP contribution in [0.4, 0.5) is 10.2 Å². The molecular weight excluding hydrogens is 245 g/mol. The summed E-state index contributed by atoms with van der Waals surface area (Å²) in [6.07, 6.45) is 3.78. The molecular formula is C11H7ClFN3O. The van der Waals surface area contributed by atoms with Gasteiger partial charge in [0.15, 0.2) is 11.6 Å². The standard InChI is InChI=1S/C11H7ClFN3O/c12-8-2-1-4-15-10(8)16-11(17)7-3-5-14-6-9(7)13/h1-6H,(H,15,16,17). The maximum absolute atomic E-state index is 13.3. The minimum Gasteiger partial charge on any atom is -0.305 e. The Hall–Kier alpha value is -2.01. The first-order valence-electron chi connectivity index (χ1n) is 4.70. The Balaban J connectivity index is 2.24. The van der Waals surface area contributed by atoms with E-state index < -0.39 is 11.7 Å². The van der Waals surface area contributed by atoms with Gasteiger partial charge in [0.05, 0.1) is 16.8 Å². The van der Waals surface area contributed by atoms with Crippen LogP contribution in [0.15, 0.2) is 36.8 Å². The quantitative estimate of drug-likeness (QED) is 0.892. The highest BCUT2D eigenvalue weighted by Gasteiger charge is 2.13. The molecule has 6 heteroatoms. The Morgan fingerprint density at radius 2 is 2.18 bits per heavy atom. The zero-order valence-corrected chi connectivity index (χ0v) is 9.28. The molecule has 0 aliphatic rings. The van der Waals surface area contributed by atoms with Crippen molar-refractivity contribution in [2.45, 2.75) is 0 Å². The number of anilines is 1. The van der Waals surface area contributed by atoms with Gasteiger partial charge in [0.25, 0.3) is 5.91 Å². The number of amides is 1.